The molecule has 0 spiro atoms. The molecule has 0 radical (unpaired) electrons. The highest BCUT2D eigenvalue weighted by molar-refractivity contribution is 7.99. The number of hydrogen-bond donors (Lipinski definition) is 1. The van der Waals surface area contributed by atoms with E-state index in [4.69, 9.17) is 5.26 Å². The largest absolute Gasteiger partial charge is 0.384 e. The van der Waals surface area contributed by atoms with Gasteiger partial charge >= 0.3 is 0 Å². The van der Waals surface area contributed by atoms with E-state index in [1.165, 1.54) is 24.7 Å². The van der Waals surface area contributed by atoms with Crippen molar-refractivity contribution in [1.29, 1.82) is 5.26 Å². The van der Waals surface area contributed by atoms with E-state index in [2.05, 4.69) is 5.32 Å². The van der Waals surface area contributed by atoms with Crippen molar-refractivity contribution in [1.82, 2.24) is 0 Å². The van der Waals surface area contributed by atoms with E-state index in [9.17, 15) is 4.39 Å². The minimum atomic E-state index is -0.449. The van der Waals surface area contributed by atoms with E-state index in [-0.39, 0.29) is 5.56 Å². The minimum absolute atomic E-state index is 0.121. The molecular formula is C13H15FN2S. The van der Waals surface area contributed by atoms with Crippen LogP contribution < -0.4 is 5.32 Å². The topological polar surface area (TPSA) is 35.8 Å². The van der Waals surface area contributed by atoms with Crippen LogP contribution in [0.1, 0.15) is 18.4 Å². The Balaban J connectivity index is 1.99. The van der Waals surface area contributed by atoms with Crippen molar-refractivity contribution in [2.45, 2.75) is 12.8 Å². The Hall–Kier alpha value is -1.21. The van der Waals surface area contributed by atoms with Crippen molar-refractivity contribution in [3.8, 4) is 6.07 Å². The van der Waals surface area contributed by atoms with E-state index in [0.29, 0.717) is 11.6 Å². The molecule has 1 aromatic rings. The van der Waals surface area contributed by atoms with E-state index in [1.54, 1.807) is 12.1 Å². The average molecular weight is 250 g/mol. The van der Waals surface area contributed by atoms with Crippen LogP contribution in [0.25, 0.3) is 0 Å². The van der Waals surface area contributed by atoms with Gasteiger partial charge in [0.1, 0.15) is 17.4 Å². The van der Waals surface area contributed by atoms with Gasteiger partial charge in [-0.05, 0) is 42.4 Å². The lowest BCUT2D eigenvalue weighted by molar-refractivity contribution is 0.548. The van der Waals surface area contributed by atoms with Crippen molar-refractivity contribution in [2.75, 3.05) is 23.4 Å². The minimum Gasteiger partial charge on any atom is -0.384 e. The molecule has 0 saturated carbocycles. The van der Waals surface area contributed by atoms with Gasteiger partial charge in [0.25, 0.3) is 0 Å². The van der Waals surface area contributed by atoms with Gasteiger partial charge in [-0.1, -0.05) is 6.07 Å². The normalized spacial score (nSPS) is 19.6. The lowest BCUT2D eigenvalue weighted by Gasteiger charge is -2.22. The summed E-state index contributed by atoms with van der Waals surface area (Å²) in [6.45, 7) is 0.825. The first-order valence-corrected chi connectivity index (χ1v) is 6.97. The molecule has 90 valence electrons. The summed E-state index contributed by atoms with van der Waals surface area (Å²) < 4.78 is 13.3. The Morgan fingerprint density at radius 3 is 3.12 bits per heavy atom. The highest BCUT2D eigenvalue weighted by atomic mass is 32.2. The van der Waals surface area contributed by atoms with Gasteiger partial charge in [-0.25, -0.2) is 4.39 Å². The predicted octanol–water partition coefficient (Wildman–Crippen LogP) is 3.25. The maximum absolute atomic E-state index is 13.3. The summed E-state index contributed by atoms with van der Waals surface area (Å²) in [6.07, 6.45) is 2.47. The molecule has 2 rings (SSSR count). The highest BCUT2D eigenvalue weighted by Gasteiger charge is 2.14. The van der Waals surface area contributed by atoms with Crippen LogP contribution in [-0.2, 0) is 0 Å². The second-order valence-electron chi connectivity index (χ2n) is 4.24. The number of thioether (sulfide) groups is 1. The SMILES string of the molecule is N#Cc1c(F)cccc1NCC1CCCSC1. The maximum Gasteiger partial charge on any atom is 0.143 e. The molecule has 1 saturated heterocycles. The van der Waals surface area contributed by atoms with Gasteiger partial charge in [-0.2, -0.15) is 17.0 Å². The Labute approximate surface area is 105 Å². The molecule has 1 N–H and O–H groups in total. The first-order valence-electron chi connectivity index (χ1n) is 5.81. The van der Waals surface area contributed by atoms with Crippen molar-refractivity contribution in [3.63, 3.8) is 0 Å². The van der Waals surface area contributed by atoms with Crippen LogP contribution in [0.15, 0.2) is 18.2 Å². The van der Waals surface area contributed by atoms with Gasteiger partial charge in [0, 0.05) is 6.54 Å². The van der Waals surface area contributed by atoms with Crippen molar-refractivity contribution in [2.24, 2.45) is 5.92 Å². The number of anilines is 1. The fraction of sp³-hybridized carbons (Fsp3) is 0.462. The molecule has 1 aromatic carbocycles. The highest BCUT2D eigenvalue weighted by Crippen LogP contribution is 2.24. The van der Waals surface area contributed by atoms with E-state index < -0.39 is 5.82 Å². The molecule has 1 aliphatic rings. The van der Waals surface area contributed by atoms with Gasteiger partial charge in [0.2, 0.25) is 0 Å². The summed E-state index contributed by atoms with van der Waals surface area (Å²) in [4.78, 5) is 0. The third-order valence-electron chi connectivity index (χ3n) is 2.96. The van der Waals surface area contributed by atoms with Crippen LogP contribution >= 0.6 is 11.8 Å². The molecular weight excluding hydrogens is 235 g/mol. The standard InChI is InChI=1S/C13H15FN2S/c14-12-4-1-5-13(11(12)7-15)16-8-10-3-2-6-17-9-10/h1,4-5,10,16H,2-3,6,8-9H2. The third-order valence-corrected chi connectivity index (χ3v) is 4.25. The maximum atomic E-state index is 13.3. The number of nitriles is 1. The Kier molecular flexibility index (Phi) is 4.27. The fourth-order valence-electron chi connectivity index (χ4n) is 2.01. The van der Waals surface area contributed by atoms with E-state index >= 15 is 0 Å². The Bertz CT molecular complexity index is 422. The third kappa shape index (κ3) is 3.13. The molecule has 0 aliphatic carbocycles. The van der Waals surface area contributed by atoms with E-state index in [0.717, 1.165) is 12.3 Å². The zero-order valence-electron chi connectivity index (χ0n) is 9.58. The lowest BCUT2D eigenvalue weighted by atomic mass is 10.1. The number of benzene rings is 1. The van der Waals surface area contributed by atoms with Crippen LogP contribution in [-0.4, -0.2) is 18.1 Å². The van der Waals surface area contributed by atoms with Gasteiger partial charge < -0.3 is 5.32 Å². The molecule has 2 nitrogen and oxygen atoms in total. The monoisotopic (exact) mass is 250 g/mol. The summed E-state index contributed by atoms with van der Waals surface area (Å²) in [5.74, 6) is 2.59. The zero-order valence-corrected chi connectivity index (χ0v) is 10.4. The second kappa shape index (κ2) is 5.92. The summed E-state index contributed by atoms with van der Waals surface area (Å²) in [5.41, 5.74) is 0.735. The average Bonchev–Trinajstić information content (AvgIpc) is 2.37. The van der Waals surface area contributed by atoms with E-state index in [1.807, 2.05) is 17.8 Å². The predicted molar refractivity (Wildman–Crippen MR) is 69.7 cm³/mol. The van der Waals surface area contributed by atoms with Crippen molar-refractivity contribution in [3.05, 3.63) is 29.6 Å². The number of rotatable bonds is 3. The molecule has 0 aromatic heterocycles. The molecule has 0 bridgehead atoms. The van der Waals surface area contributed by atoms with Crippen LogP contribution in [0.2, 0.25) is 0 Å². The first-order chi connectivity index (χ1) is 8.31. The van der Waals surface area contributed by atoms with Crippen LogP contribution in [0, 0.1) is 23.1 Å². The van der Waals surface area contributed by atoms with Crippen LogP contribution in [0.4, 0.5) is 10.1 Å². The molecule has 17 heavy (non-hydrogen) atoms. The molecule has 1 atom stereocenters. The molecule has 1 aliphatic heterocycles. The number of hydrogen-bond acceptors (Lipinski definition) is 3. The van der Waals surface area contributed by atoms with Crippen LogP contribution in [0.3, 0.4) is 0 Å². The Morgan fingerprint density at radius 1 is 1.53 bits per heavy atom. The van der Waals surface area contributed by atoms with Gasteiger partial charge in [-0.15, -0.1) is 0 Å². The van der Waals surface area contributed by atoms with Gasteiger partial charge in [-0.3, -0.25) is 0 Å². The summed E-state index contributed by atoms with van der Waals surface area (Å²) in [7, 11) is 0. The van der Waals surface area contributed by atoms with Crippen molar-refractivity contribution < 1.29 is 4.39 Å². The van der Waals surface area contributed by atoms with Crippen LogP contribution in [0.5, 0.6) is 0 Å². The smallest absolute Gasteiger partial charge is 0.143 e. The molecule has 1 heterocycles. The quantitative estimate of drug-likeness (QED) is 0.894. The number of nitrogens with zero attached hydrogens (tertiary/aromatic N) is 1. The summed E-state index contributed by atoms with van der Waals surface area (Å²) in [6, 6.07) is 6.62. The zero-order chi connectivity index (χ0) is 12.1. The number of halogens is 1. The van der Waals surface area contributed by atoms with Crippen molar-refractivity contribution >= 4 is 17.4 Å². The number of nitrogens with one attached hydrogen (secondary N) is 1. The Morgan fingerprint density at radius 2 is 2.41 bits per heavy atom. The fourth-order valence-corrected chi connectivity index (χ4v) is 3.16. The van der Waals surface area contributed by atoms with Gasteiger partial charge in [0.05, 0.1) is 5.69 Å². The summed E-state index contributed by atoms with van der Waals surface area (Å²) in [5, 5.41) is 12.1. The summed E-state index contributed by atoms with van der Waals surface area (Å²) >= 11 is 1.97. The molecule has 0 amide bonds. The molecule has 1 unspecified atom stereocenters. The first kappa shape index (κ1) is 12.3. The van der Waals surface area contributed by atoms with Gasteiger partial charge in [0.15, 0.2) is 0 Å². The molecule has 4 heteroatoms. The second-order valence-corrected chi connectivity index (χ2v) is 5.39. The lowest BCUT2D eigenvalue weighted by Crippen LogP contribution is -2.20. The molecule has 1 fully saturated rings.